The van der Waals surface area contributed by atoms with Gasteiger partial charge in [0.1, 0.15) is 0 Å². The normalized spacial score (nSPS) is 19.4. The number of carbonyl (C=O) groups is 1. The van der Waals surface area contributed by atoms with E-state index in [-0.39, 0.29) is 16.6 Å². The molecular formula is C18H18ClNO3S2. The van der Waals surface area contributed by atoms with Crippen LogP contribution in [-0.4, -0.2) is 32.3 Å². The summed E-state index contributed by atoms with van der Waals surface area (Å²) in [5.74, 6) is 0.595. The molecule has 1 aromatic heterocycles. The van der Waals surface area contributed by atoms with Crippen LogP contribution < -0.4 is 0 Å². The Hall–Kier alpha value is -1.37. The van der Waals surface area contributed by atoms with E-state index in [0.29, 0.717) is 26.9 Å². The van der Waals surface area contributed by atoms with Crippen LogP contribution in [0.2, 0.25) is 5.02 Å². The van der Waals surface area contributed by atoms with E-state index in [1.54, 1.807) is 18.2 Å². The molecule has 1 aromatic carbocycles. The van der Waals surface area contributed by atoms with Crippen molar-refractivity contribution in [3.8, 4) is 10.4 Å². The molecular weight excluding hydrogens is 378 g/mol. The first-order valence-electron chi connectivity index (χ1n) is 8.30. The molecule has 2 aromatic rings. The first kappa shape index (κ1) is 17.1. The first-order valence-corrected chi connectivity index (χ1v) is 11.1. The first-order chi connectivity index (χ1) is 11.8. The molecule has 0 radical (unpaired) electrons. The molecule has 1 saturated heterocycles. The second-order valence-electron chi connectivity index (χ2n) is 6.84. The van der Waals surface area contributed by atoms with Crippen LogP contribution >= 0.6 is 22.9 Å². The van der Waals surface area contributed by atoms with Crippen molar-refractivity contribution in [1.82, 2.24) is 4.90 Å². The molecule has 4 rings (SSSR count). The Balaban J connectivity index is 1.73. The van der Waals surface area contributed by atoms with Crippen molar-refractivity contribution in [2.24, 2.45) is 5.92 Å². The largest absolute Gasteiger partial charge is 0.338 e. The van der Waals surface area contributed by atoms with Crippen molar-refractivity contribution in [2.45, 2.75) is 30.4 Å². The van der Waals surface area contributed by atoms with Gasteiger partial charge in [0.25, 0.3) is 5.91 Å². The molecule has 1 amide bonds. The maximum absolute atomic E-state index is 12.8. The Morgan fingerprint density at radius 1 is 1.24 bits per heavy atom. The maximum atomic E-state index is 12.8. The predicted molar refractivity (Wildman–Crippen MR) is 100.0 cm³/mol. The second-order valence-corrected chi connectivity index (χ2v) is 10.3. The van der Waals surface area contributed by atoms with Crippen molar-refractivity contribution in [2.75, 3.05) is 13.1 Å². The molecule has 1 fully saturated rings. The van der Waals surface area contributed by atoms with Gasteiger partial charge in [0.15, 0.2) is 9.84 Å². The molecule has 25 heavy (non-hydrogen) atoms. The van der Waals surface area contributed by atoms with Crippen LogP contribution in [0, 0.1) is 5.92 Å². The maximum Gasteiger partial charge on any atom is 0.263 e. The molecule has 132 valence electrons. The van der Waals surface area contributed by atoms with E-state index in [9.17, 15) is 13.2 Å². The third-order valence-electron chi connectivity index (χ3n) is 4.96. The zero-order valence-corrected chi connectivity index (χ0v) is 16.2. The molecule has 7 heteroatoms. The Morgan fingerprint density at radius 3 is 2.68 bits per heavy atom. The third-order valence-corrected chi connectivity index (χ3v) is 8.09. The number of halogens is 1. The molecule has 0 bridgehead atoms. The standard InChI is InChI=1S/C18H18ClNO3S2/c1-11-4-6-20(7-5-11)18(21)15-8-12-10-25(22,23)16-9-13(19)2-3-14(16)17(12)24-15/h2-3,8-9,11H,4-7,10H2,1H3. The number of thiophene rings is 1. The summed E-state index contributed by atoms with van der Waals surface area (Å²) in [5.41, 5.74) is 1.37. The zero-order valence-electron chi connectivity index (χ0n) is 13.8. The Labute approximate surface area is 156 Å². The summed E-state index contributed by atoms with van der Waals surface area (Å²) in [6.07, 6.45) is 2.04. The number of nitrogens with zero attached hydrogens (tertiary/aromatic N) is 1. The van der Waals surface area contributed by atoms with E-state index >= 15 is 0 Å². The van der Waals surface area contributed by atoms with Gasteiger partial charge in [-0.25, -0.2) is 8.42 Å². The van der Waals surface area contributed by atoms with Gasteiger partial charge in [-0.1, -0.05) is 24.6 Å². The summed E-state index contributed by atoms with van der Waals surface area (Å²) in [6, 6.07) is 6.69. The lowest BCUT2D eigenvalue weighted by Gasteiger charge is -2.29. The van der Waals surface area contributed by atoms with Gasteiger partial charge in [-0.2, -0.15) is 0 Å². The highest BCUT2D eigenvalue weighted by molar-refractivity contribution is 7.91. The quantitative estimate of drug-likeness (QED) is 0.726. The minimum Gasteiger partial charge on any atom is -0.338 e. The van der Waals surface area contributed by atoms with E-state index in [0.717, 1.165) is 30.8 Å². The fourth-order valence-electron chi connectivity index (χ4n) is 3.46. The van der Waals surface area contributed by atoms with Crippen LogP contribution in [-0.2, 0) is 15.6 Å². The number of benzene rings is 1. The van der Waals surface area contributed by atoms with Gasteiger partial charge in [0.2, 0.25) is 0 Å². The fourth-order valence-corrected chi connectivity index (χ4v) is 6.65. The van der Waals surface area contributed by atoms with Crippen LogP contribution in [0.1, 0.15) is 35.0 Å². The molecule has 0 aliphatic carbocycles. The fraction of sp³-hybridized carbons (Fsp3) is 0.389. The van der Waals surface area contributed by atoms with Gasteiger partial charge in [0.05, 0.1) is 15.5 Å². The Kier molecular flexibility index (Phi) is 4.17. The van der Waals surface area contributed by atoms with Crippen molar-refractivity contribution in [1.29, 1.82) is 0 Å². The second kappa shape index (κ2) is 6.11. The molecule has 3 heterocycles. The third kappa shape index (κ3) is 3.00. The van der Waals surface area contributed by atoms with E-state index in [1.165, 1.54) is 17.4 Å². The zero-order chi connectivity index (χ0) is 17.8. The van der Waals surface area contributed by atoms with Crippen LogP contribution in [0.4, 0.5) is 0 Å². The van der Waals surface area contributed by atoms with E-state index in [1.807, 2.05) is 4.90 Å². The number of sulfone groups is 1. The summed E-state index contributed by atoms with van der Waals surface area (Å²) in [7, 11) is -3.43. The van der Waals surface area contributed by atoms with Crippen LogP contribution in [0.3, 0.4) is 0 Å². The summed E-state index contributed by atoms with van der Waals surface area (Å²) in [4.78, 5) is 16.5. The predicted octanol–water partition coefficient (Wildman–Crippen LogP) is 4.23. The lowest BCUT2D eigenvalue weighted by molar-refractivity contribution is 0.0702. The van der Waals surface area contributed by atoms with Gasteiger partial charge in [-0.05, 0) is 42.5 Å². The molecule has 0 N–H and O–H groups in total. The monoisotopic (exact) mass is 395 g/mol. The summed E-state index contributed by atoms with van der Waals surface area (Å²) in [6.45, 7) is 3.75. The molecule has 2 aliphatic rings. The number of hydrogen-bond acceptors (Lipinski definition) is 4. The highest BCUT2D eigenvalue weighted by Crippen LogP contribution is 2.44. The number of likely N-dealkylation sites (tertiary alicyclic amines) is 1. The number of amides is 1. The van der Waals surface area contributed by atoms with Crippen LogP contribution in [0.5, 0.6) is 0 Å². The van der Waals surface area contributed by atoms with E-state index in [2.05, 4.69) is 6.92 Å². The summed E-state index contributed by atoms with van der Waals surface area (Å²) in [5, 5.41) is 0.404. The number of carbonyl (C=O) groups excluding carboxylic acids is 1. The molecule has 2 aliphatic heterocycles. The van der Waals surface area contributed by atoms with Gasteiger partial charge in [-0.15, -0.1) is 11.3 Å². The SMILES string of the molecule is CC1CCN(C(=O)c2cc3c(s2)-c2ccc(Cl)cc2S(=O)(=O)C3)CC1. The average molecular weight is 396 g/mol. The lowest BCUT2D eigenvalue weighted by Crippen LogP contribution is -2.37. The van der Waals surface area contributed by atoms with Gasteiger partial charge in [-0.3, -0.25) is 4.79 Å². The minimum absolute atomic E-state index is 0.0132. The molecule has 0 unspecified atom stereocenters. The van der Waals surface area contributed by atoms with E-state index < -0.39 is 9.84 Å². The molecule has 0 saturated carbocycles. The summed E-state index contributed by atoms with van der Waals surface area (Å²) < 4.78 is 25.1. The van der Waals surface area contributed by atoms with E-state index in [4.69, 9.17) is 11.6 Å². The highest BCUT2D eigenvalue weighted by atomic mass is 35.5. The number of rotatable bonds is 1. The molecule has 0 atom stereocenters. The minimum atomic E-state index is -3.43. The summed E-state index contributed by atoms with van der Waals surface area (Å²) >= 11 is 7.37. The topological polar surface area (TPSA) is 54.5 Å². The number of hydrogen-bond donors (Lipinski definition) is 0. The van der Waals surface area contributed by atoms with Crippen molar-refractivity contribution in [3.63, 3.8) is 0 Å². The van der Waals surface area contributed by atoms with Crippen LogP contribution in [0.25, 0.3) is 10.4 Å². The molecule has 0 spiro atoms. The number of piperidine rings is 1. The van der Waals surface area contributed by atoms with Crippen molar-refractivity contribution >= 4 is 38.7 Å². The van der Waals surface area contributed by atoms with Crippen molar-refractivity contribution in [3.05, 3.63) is 39.7 Å². The van der Waals surface area contributed by atoms with Crippen molar-refractivity contribution < 1.29 is 13.2 Å². The molecule has 4 nitrogen and oxygen atoms in total. The van der Waals surface area contributed by atoms with Gasteiger partial charge >= 0.3 is 0 Å². The average Bonchev–Trinajstić information content (AvgIpc) is 2.98. The Morgan fingerprint density at radius 2 is 1.96 bits per heavy atom. The lowest BCUT2D eigenvalue weighted by atomic mass is 9.99. The van der Waals surface area contributed by atoms with Crippen LogP contribution in [0.15, 0.2) is 29.2 Å². The smallest absolute Gasteiger partial charge is 0.263 e. The Bertz CT molecular complexity index is 957. The number of fused-ring (bicyclic) bond motifs is 3. The van der Waals surface area contributed by atoms with Gasteiger partial charge in [0, 0.05) is 28.6 Å². The highest BCUT2D eigenvalue weighted by Gasteiger charge is 2.32. The van der Waals surface area contributed by atoms with Gasteiger partial charge < -0.3 is 4.90 Å².